The number of hydrogen-bond acceptors (Lipinski definition) is 5. The van der Waals surface area contributed by atoms with E-state index in [1.807, 2.05) is 13.0 Å². The maximum Gasteiger partial charge on any atom is 0.281 e. The molecule has 26 heavy (non-hydrogen) atoms. The predicted octanol–water partition coefficient (Wildman–Crippen LogP) is 5.23. The van der Waals surface area contributed by atoms with Crippen LogP contribution in [0, 0.1) is 25.2 Å². The second kappa shape index (κ2) is 7.30. The molecule has 2 aromatic rings. The number of nitrogens with zero attached hydrogens (tertiary/aromatic N) is 4. The number of aromatic nitrogens is 1. The van der Waals surface area contributed by atoms with Gasteiger partial charge in [-0.05, 0) is 44.4 Å². The maximum atomic E-state index is 13.0. The van der Waals surface area contributed by atoms with E-state index in [1.54, 1.807) is 25.1 Å². The van der Waals surface area contributed by atoms with Crippen LogP contribution in [0.5, 0.6) is 5.88 Å². The first kappa shape index (κ1) is 18.2. The molecule has 1 fully saturated rings. The van der Waals surface area contributed by atoms with Gasteiger partial charge in [-0.3, -0.25) is 9.36 Å². The number of benzene rings is 1. The standard InChI is InChI=1S/C19H19ClN4O2/c1-11-14(10-21)18(25)24(13-6-3-4-7-13)19(26)17(11)23-22-16-9-5-8-15(20)12(16)2/h5,8-9,13,25H,3-4,6-7H2,1-2H3. The van der Waals surface area contributed by atoms with Crippen LogP contribution in [0.2, 0.25) is 5.02 Å². The van der Waals surface area contributed by atoms with Crippen molar-refractivity contribution in [2.24, 2.45) is 10.2 Å². The minimum absolute atomic E-state index is 0.0632. The number of halogens is 1. The van der Waals surface area contributed by atoms with E-state index in [0.717, 1.165) is 31.2 Å². The second-order valence-corrected chi connectivity index (χ2v) is 6.89. The van der Waals surface area contributed by atoms with Gasteiger partial charge < -0.3 is 5.11 Å². The van der Waals surface area contributed by atoms with E-state index in [1.165, 1.54) is 4.57 Å². The van der Waals surface area contributed by atoms with Gasteiger partial charge in [0.15, 0.2) is 5.69 Å². The van der Waals surface area contributed by atoms with Crippen LogP contribution in [0.25, 0.3) is 0 Å². The Labute approximate surface area is 156 Å². The fourth-order valence-corrected chi connectivity index (χ4v) is 3.51. The average Bonchev–Trinajstić information content (AvgIpc) is 3.13. The molecule has 0 saturated heterocycles. The molecule has 0 bridgehead atoms. The van der Waals surface area contributed by atoms with Gasteiger partial charge in [-0.25, -0.2) is 0 Å². The SMILES string of the molecule is Cc1c(Cl)cccc1N=Nc1c(C)c(C#N)c(O)n(C2CCCC2)c1=O. The molecule has 0 amide bonds. The number of hydrogen-bond donors (Lipinski definition) is 1. The van der Waals surface area contributed by atoms with E-state index in [-0.39, 0.29) is 23.2 Å². The first-order valence-electron chi connectivity index (χ1n) is 8.50. The van der Waals surface area contributed by atoms with Gasteiger partial charge in [0.1, 0.15) is 11.6 Å². The Morgan fingerprint density at radius 2 is 1.92 bits per heavy atom. The van der Waals surface area contributed by atoms with Crippen LogP contribution in [0.3, 0.4) is 0 Å². The Morgan fingerprint density at radius 3 is 2.58 bits per heavy atom. The molecular weight excluding hydrogens is 352 g/mol. The van der Waals surface area contributed by atoms with Crippen LogP contribution < -0.4 is 5.56 Å². The third-order valence-electron chi connectivity index (χ3n) is 4.90. The summed E-state index contributed by atoms with van der Waals surface area (Å²) in [7, 11) is 0. The van der Waals surface area contributed by atoms with Crippen molar-refractivity contribution in [1.29, 1.82) is 5.26 Å². The van der Waals surface area contributed by atoms with Crippen LogP contribution in [0.4, 0.5) is 11.4 Å². The van der Waals surface area contributed by atoms with E-state index in [0.29, 0.717) is 16.3 Å². The molecule has 1 aromatic heterocycles. The third kappa shape index (κ3) is 3.11. The summed E-state index contributed by atoms with van der Waals surface area (Å²) in [6, 6.07) is 7.13. The van der Waals surface area contributed by atoms with Crippen molar-refractivity contribution in [3.63, 3.8) is 0 Å². The monoisotopic (exact) mass is 370 g/mol. The largest absolute Gasteiger partial charge is 0.493 e. The summed E-state index contributed by atoms with van der Waals surface area (Å²) in [6.07, 6.45) is 3.58. The quantitative estimate of drug-likeness (QED) is 0.750. The van der Waals surface area contributed by atoms with E-state index in [9.17, 15) is 15.2 Å². The predicted molar refractivity (Wildman–Crippen MR) is 99.7 cm³/mol. The van der Waals surface area contributed by atoms with E-state index in [2.05, 4.69) is 10.2 Å². The third-order valence-corrected chi connectivity index (χ3v) is 5.31. The number of azo groups is 1. The summed E-state index contributed by atoms with van der Waals surface area (Å²) in [5, 5.41) is 28.7. The molecule has 6 nitrogen and oxygen atoms in total. The second-order valence-electron chi connectivity index (χ2n) is 6.48. The Bertz CT molecular complexity index is 982. The van der Waals surface area contributed by atoms with Gasteiger partial charge in [0.2, 0.25) is 5.88 Å². The minimum Gasteiger partial charge on any atom is -0.493 e. The van der Waals surface area contributed by atoms with Gasteiger partial charge in [-0.2, -0.15) is 10.4 Å². The van der Waals surface area contributed by atoms with Gasteiger partial charge in [0, 0.05) is 16.6 Å². The minimum atomic E-state index is -0.422. The highest BCUT2D eigenvalue weighted by Crippen LogP contribution is 2.35. The summed E-state index contributed by atoms with van der Waals surface area (Å²) < 4.78 is 1.30. The smallest absolute Gasteiger partial charge is 0.281 e. The lowest BCUT2D eigenvalue weighted by molar-refractivity contribution is 0.368. The van der Waals surface area contributed by atoms with Crippen molar-refractivity contribution in [3.05, 3.63) is 50.3 Å². The van der Waals surface area contributed by atoms with Crippen molar-refractivity contribution in [3.8, 4) is 11.9 Å². The molecule has 134 valence electrons. The molecule has 1 heterocycles. The molecule has 0 atom stereocenters. The van der Waals surface area contributed by atoms with Gasteiger partial charge in [-0.15, -0.1) is 5.11 Å². The van der Waals surface area contributed by atoms with E-state index >= 15 is 0 Å². The molecule has 1 aliphatic carbocycles. The normalized spacial score (nSPS) is 14.8. The van der Waals surface area contributed by atoms with Gasteiger partial charge >= 0.3 is 0 Å². The zero-order valence-corrected chi connectivity index (χ0v) is 15.4. The number of rotatable bonds is 3. The van der Waals surface area contributed by atoms with Crippen molar-refractivity contribution < 1.29 is 5.11 Å². The van der Waals surface area contributed by atoms with Crippen molar-refractivity contribution >= 4 is 23.0 Å². The summed E-state index contributed by atoms with van der Waals surface area (Å²) >= 11 is 6.09. The summed E-state index contributed by atoms with van der Waals surface area (Å²) in [4.78, 5) is 13.0. The summed E-state index contributed by atoms with van der Waals surface area (Å²) in [5.74, 6) is -0.278. The topological polar surface area (TPSA) is 90.7 Å². The van der Waals surface area contributed by atoms with Crippen LogP contribution in [-0.4, -0.2) is 9.67 Å². The lowest BCUT2D eigenvalue weighted by atomic mass is 10.1. The highest BCUT2D eigenvalue weighted by molar-refractivity contribution is 6.31. The molecule has 0 unspecified atom stereocenters. The molecular formula is C19H19ClN4O2. The fraction of sp³-hybridized carbons (Fsp3) is 0.368. The maximum absolute atomic E-state index is 13.0. The summed E-state index contributed by atoms with van der Waals surface area (Å²) in [6.45, 7) is 3.41. The number of aromatic hydroxyl groups is 1. The Kier molecular flexibility index (Phi) is 5.10. The Morgan fingerprint density at radius 1 is 1.23 bits per heavy atom. The summed E-state index contributed by atoms with van der Waals surface area (Å²) in [5.41, 5.74) is 1.35. The van der Waals surface area contributed by atoms with Crippen LogP contribution >= 0.6 is 11.6 Å². The van der Waals surface area contributed by atoms with Gasteiger partial charge in [0.25, 0.3) is 5.56 Å². The lowest BCUT2D eigenvalue weighted by Crippen LogP contribution is -2.24. The zero-order chi connectivity index (χ0) is 18.8. The lowest BCUT2D eigenvalue weighted by Gasteiger charge is -2.18. The molecule has 0 radical (unpaired) electrons. The van der Waals surface area contributed by atoms with Crippen molar-refractivity contribution in [2.75, 3.05) is 0 Å². The highest BCUT2D eigenvalue weighted by Gasteiger charge is 2.26. The first-order chi connectivity index (χ1) is 12.5. The van der Waals surface area contributed by atoms with Crippen molar-refractivity contribution in [1.82, 2.24) is 4.57 Å². The van der Waals surface area contributed by atoms with Crippen molar-refractivity contribution in [2.45, 2.75) is 45.6 Å². The molecule has 1 aliphatic rings. The molecule has 0 aliphatic heterocycles. The highest BCUT2D eigenvalue weighted by atomic mass is 35.5. The number of nitriles is 1. The molecule has 1 aromatic carbocycles. The Balaban J connectivity index is 2.16. The van der Waals surface area contributed by atoms with Crippen LogP contribution in [0.1, 0.15) is 48.4 Å². The van der Waals surface area contributed by atoms with E-state index in [4.69, 9.17) is 11.6 Å². The van der Waals surface area contributed by atoms with Crippen LogP contribution in [-0.2, 0) is 0 Å². The molecule has 3 rings (SSSR count). The first-order valence-corrected chi connectivity index (χ1v) is 8.88. The number of pyridine rings is 1. The molecule has 1 N–H and O–H groups in total. The average molecular weight is 371 g/mol. The van der Waals surface area contributed by atoms with Crippen LogP contribution in [0.15, 0.2) is 33.2 Å². The van der Waals surface area contributed by atoms with Gasteiger partial charge in [-0.1, -0.05) is 30.5 Å². The zero-order valence-electron chi connectivity index (χ0n) is 14.7. The van der Waals surface area contributed by atoms with E-state index < -0.39 is 5.56 Å². The fourth-order valence-electron chi connectivity index (χ4n) is 3.34. The molecule has 0 spiro atoms. The molecule has 7 heteroatoms. The molecule has 1 saturated carbocycles. The Hall–Kier alpha value is -2.65. The van der Waals surface area contributed by atoms with Gasteiger partial charge in [0.05, 0.1) is 5.69 Å².